The summed E-state index contributed by atoms with van der Waals surface area (Å²) in [6, 6.07) is 9.16. The highest BCUT2D eigenvalue weighted by atomic mass is 32.1. The lowest BCUT2D eigenvalue weighted by Crippen LogP contribution is -2.26. The Balaban J connectivity index is 1.95. The van der Waals surface area contributed by atoms with Gasteiger partial charge in [0.05, 0.1) is 0 Å². The van der Waals surface area contributed by atoms with Crippen molar-refractivity contribution in [3.05, 3.63) is 35.2 Å². The predicted molar refractivity (Wildman–Crippen MR) is 66.7 cm³/mol. The molecular weight excluding hydrogens is 202 g/mol. The van der Waals surface area contributed by atoms with Gasteiger partial charge >= 0.3 is 0 Å². The second-order valence-corrected chi connectivity index (χ2v) is 5.19. The minimum absolute atomic E-state index is 0.776. The maximum absolute atomic E-state index is 3.42. The van der Waals surface area contributed by atoms with E-state index in [4.69, 9.17) is 0 Å². The van der Waals surface area contributed by atoms with Crippen LogP contribution in [0.5, 0.6) is 0 Å². The second kappa shape index (κ2) is 3.95. The highest BCUT2D eigenvalue weighted by molar-refractivity contribution is 7.17. The maximum Gasteiger partial charge on any atom is 0.0345 e. The average molecular weight is 217 g/mol. The Hall–Kier alpha value is -0.860. The molecule has 0 atom stereocenters. The van der Waals surface area contributed by atoms with Crippen molar-refractivity contribution in [1.82, 2.24) is 5.32 Å². The summed E-state index contributed by atoms with van der Waals surface area (Å²) in [7, 11) is 0. The zero-order chi connectivity index (χ0) is 10.1. The van der Waals surface area contributed by atoms with E-state index >= 15 is 0 Å². The molecule has 78 valence electrons. The normalized spacial score (nSPS) is 18.4. The summed E-state index contributed by atoms with van der Waals surface area (Å²) in [5.74, 6) is 0.776. The van der Waals surface area contributed by atoms with E-state index in [0.717, 1.165) is 5.92 Å². The Morgan fingerprint density at radius 1 is 1.13 bits per heavy atom. The van der Waals surface area contributed by atoms with Crippen molar-refractivity contribution in [2.24, 2.45) is 0 Å². The van der Waals surface area contributed by atoms with Crippen LogP contribution in [0.3, 0.4) is 0 Å². The van der Waals surface area contributed by atoms with Crippen LogP contribution >= 0.6 is 11.3 Å². The van der Waals surface area contributed by atoms with Crippen LogP contribution in [0.15, 0.2) is 29.6 Å². The third-order valence-corrected chi connectivity index (χ3v) is 4.17. The standard InChI is InChI=1S/C13H15NS/c1-2-12(10-3-6-14-7-4-10)9-13-11(1)5-8-15-13/h1-2,5,8-10,14H,3-4,6-7H2. The molecule has 2 aromatic rings. The molecule has 0 saturated carbocycles. The van der Waals surface area contributed by atoms with E-state index in [1.165, 1.54) is 41.6 Å². The van der Waals surface area contributed by atoms with Crippen molar-refractivity contribution < 1.29 is 0 Å². The van der Waals surface area contributed by atoms with Gasteiger partial charge in [-0.15, -0.1) is 11.3 Å². The van der Waals surface area contributed by atoms with Gasteiger partial charge in [-0.05, 0) is 60.3 Å². The molecule has 3 rings (SSSR count). The van der Waals surface area contributed by atoms with Gasteiger partial charge in [-0.1, -0.05) is 12.1 Å². The molecule has 1 aromatic heterocycles. The number of fused-ring (bicyclic) bond motifs is 1. The van der Waals surface area contributed by atoms with Gasteiger partial charge in [-0.2, -0.15) is 0 Å². The van der Waals surface area contributed by atoms with Crippen LogP contribution < -0.4 is 5.32 Å². The van der Waals surface area contributed by atoms with Crippen molar-refractivity contribution >= 4 is 21.4 Å². The number of piperidine rings is 1. The summed E-state index contributed by atoms with van der Waals surface area (Å²) in [5.41, 5.74) is 1.53. The smallest absolute Gasteiger partial charge is 0.0345 e. The molecule has 2 heteroatoms. The Labute approximate surface area is 94.1 Å². The Morgan fingerprint density at radius 2 is 2.00 bits per heavy atom. The monoisotopic (exact) mass is 217 g/mol. The van der Waals surface area contributed by atoms with Crippen LogP contribution in [0.2, 0.25) is 0 Å². The van der Waals surface area contributed by atoms with Gasteiger partial charge in [0, 0.05) is 4.70 Å². The first-order chi connectivity index (χ1) is 7.43. The van der Waals surface area contributed by atoms with Crippen molar-refractivity contribution in [2.45, 2.75) is 18.8 Å². The first kappa shape index (κ1) is 9.37. The number of thiophene rings is 1. The first-order valence-corrected chi connectivity index (χ1v) is 6.49. The van der Waals surface area contributed by atoms with Gasteiger partial charge in [0.2, 0.25) is 0 Å². The summed E-state index contributed by atoms with van der Waals surface area (Å²) in [4.78, 5) is 0. The second-order valence-electron chi connectivity index (χ2n) is 4.24. The zero-order valence-corrected chi connectivity index (χ0v) is 9.52. The van der Waals surface area contributed by atoms with E-state index in [2.05, 4.69) is 35.0 Å². The number of benzene rings is 1. The zero-order valence-electron chi connectivity index (χ0n) is 8.70. The molecule has 1 nitrogen and oxygen atoms in total. The fraction of sp³-hybridized carbons (Fsp3) is 0.385. The molecule has 0 spiro atoms. The number of hydrogen-bond acceptors (Lipinski definition) is 2. The van der Waals surface area contributed by atoms with Crippen molar-refractivity contribution in [2.75, 3.05) is 13.1 Å². The molecule has 1 aromatic carbocycles. The Morgan fingerprint density at radius 3 is 2.87 bits per heavy atom. The van der Waals surface area contributed by atoms with Gasteiger partial charge in [0.15, 0.2) is 0 Å². The minimum atomic E-state index is 0.776. The fourth-order valence-electron chi connectivity index (χ4n) is 2.38. The van der Waals surface area contributed by atoms with E-state index < -0.39 is 0 Å². The lowest BCUT2D eigenvalue weighted by molar-refractivity contribution is 0.461. The molecule has 2 heterocycles. The quantitative estimate of drug-likeness (QED) is 0.772. The first-order valence-electron chi connectivity index (χ1n) is 5.61. The molecule has 1 fully saturated rings. The Bertz CT molecular complexity index is 454. The molecule has 0 radical (unpaired) electrons. The van der Waals surface area contributed by atoms with Crippen molar-refractivity contribution in [3.63, 3.8) is 0 Å². The van der Waals surface area contributed by atoms with E-state index in [1.54, 1.807) is 0 Å². The molecule has 1 N–H and O–H groups in total. The van der Waals surface area contributed by atoms with E-state index in [-0.39, 0.29) is 0 Å². The number of rotatable bonds is 1. The van der Waals surface area contributed by atoms with E-state index in [9.17, 15) is 0 Å². The minimum Gasteiger partial charge on any atom is -0.317 e. The van der Waals surface area contributed by atoms with Gasteiger partial charge in [0.1, 0.15) is 0 Å². The summed E-state index contributed by atoms with van der Waals surface area (Å²) < 4.78 is 1.44. The van der Waals surface area contributed by atoms with Crippen LogP contribution in [0, 0.1) is 0 Å². The van der Waals surface area contributed by atoms with Crippen LogP contribution in [0.1, 0.15) is 24.3 Å². The maximum atomic E-state index is 3.42. The highest BCUT2D eigenvalue weighted by Crippen LogP contribution is 2.29. The van der Waals surface area contributed by atoms with Crippen LogP contribution in [0.25, 0.3) is 10.1 Å². The summed E-state index contributed by atoms with van der Waals surface area (Å²) >= 11 is 1.85. The third-order valence-electron chi connectivity index (χ3n) is 3.29. The molecule has 0 amide bonds. The van der Waals surface area contributed by atoms with Gasteiger partial charge in [0.25, 0.3) is 0 Å². The van der Waals surface area contributed by atoms with Gasteiger partial charge in [-0.3, -0.25) is 0 Å². The van der Waals surface area contributed by atoms with E-state index in [0.29, 0.717) is 0 Å². The molecule has 0 bridgehead atoms. The molecule has 1 aliphatic heterocycles. The lowest BCUT2D eigenvalue weighted by atomic mass is 9.90. The predicted octanol–water partition coefficient (Wildman–Crippen LogP) is 3.37. The van der Waals surface area contributed by atoms with Crippen LogP contribution in [0.4, 0.5) is 0 Å². The number of nitrogens with one attached hydrogen (secondary N) is 1. The van der Waals surface area contributed by atoms with Crippen LogP contribution in [-0.2, 0) is 0 Å². The topological polar surface area (TPSA) is 12.0 Å². The van der Waals surface area contributed by atoms with Crippen LogP contribution in [-0.4, -0.2) is 13.1 Å². The molecule has 1 aliphatic rings. The largest absolute Gasteiger partial charge is 0.317 e. The molecule has 15 heavy (non-hydrogen) atoms. The van der Waals surface area contributed by atoms with Crippen molar-refractivity contribution in [3.8, 4) is 0 Å². The fourth-order valence-corrected chi connectivity index (χ4v) is 3.22. The molecule has 1 saturated heterocycles. The highest BCUT2D eigenvalue weighted by Gasteiger charge is 2.15. The average Bonchev–Trinajstić information content (AvgIpc) is 2.77. The SMILES string of the molecule is c1cc2ccc(C3CCNCC3)cc2s1. The van der Waals surface area contributed by atoms with Crippen molar-refractivity contribution in [1.29, 1.82) is 0 Å². The van der Waals surface area contributed by atoms with Gasteiger partial charge < -0.3 is 5.32 Å². The molecule has 0 aliphatic carbocycles. The summed E-state index contributed by atoms with van der Waals surface area (Å²) in [5, 5.41) is 6.98. The summed E-state index contributed by atoms with van der Waals surface area (Å²) in [6.07, 6.45) is 2.58. The molecular formula is C13H15NS. The molecule has 0 unspecified atom stereocenters. The summed E-state index contributed by atoms with van der Waals surface area (Å²) in [6.45, 7) is 2.35. The third kappa shape index (κ3) is 1.80. The number of hydrogen-bond donors (Lipinski definition) is 1. The lowest BCUT2D eigenvalue weighted by Gasteiger charge is -2.22. The van der Waals surface area contributed by atoms with Gasteiger partial charge in [-0.25, -0.2) is 0 Å². The Kier molecular flexibility index (Phi) is 2.47. The van der Waals surface area contributed by atoms with E-state index in [1.807, 2.05) is 11.3 Å².